The zero-order chi connectivity index (χ0) is 13.9. The van der Waals surface area contributed by atoms with Crippen molar-refractivity contribution in [3.05, 3.63) is 48.3 Å². The summed E-state index contributed by atoms with van der Waals surface area (Å²) in [4.78, 5) is 16.2. The van der Waals surface area contributed by atoms with Crippen LogP contribution >= 0.6 is 0 Å². The van der Waals surface area contributed by atoms with Gasteiger partial charge in [0.2, 0.25) is 0 Å². The number of methoxy groups -OCH3 is 1. The quantitative estimate of drug-likeness (QED) is 0.927. The van der Waals surface area contributed by atoms with Gasteiger partial charge < -0.3 is 10.1 Å². The van der Waals surface area contributed by atoms with Gasteiger partial charge in [0.1, 0.15) is 5.75 Å². The number of ether oxygens (including phenoxy) is 1. The van der Waals surface area contributed by atoms with Crippen LogP contribution in [0.15, 0.2) is 42.7 Å². The molecule has 0 atom stereocenters. The smallest absolute Gasteiger partial charge is 0.253 e. The standard InChI is InChI=1S/C16H16N2O2/c1-20-15-6-2-11(3-7-15)12-8-13(10-17-9-12)16(19)18-14-4-5-14/h2-3,6-10,14H,4-5H2,1H3,(H,18,19). The van der Waals surface area contributed by atoms with Gasteiger partial charge in [-0.15, -0.1) is 0 Å². The van der Waals surface area contributed by atoms with Crippen LogP contribution in [0.3, 0.4) is 0 Å². The number of nitrogens with one attached hydrogen (secondary N) is 1. The summed E-state index contributed by atoms with van der Waals surface area (Å²) in [6.45, 7) is 0. The van der Waals surface area contributed by atoms with Crippen molar-refractivity contribution in [2.24, 2.45) is 0 Å². The van der Waals surface area contributed by atoms with E-state index in [1.807, 2.05) is 30.3 Å². The Bertz CT molecular complexity index is 619. The summed E-state index contributed by atoms with van der Waals surface area (Å²) in [5, 5.41) is 2.97. The summed E-state index contributed by atoms with van der Waals surface area (Å²) in [7, 11) is 1.64. The monoisotopic (exact) mass is 268 g/mol. The van der Waals surface area contributed by atoms with Gasteiger partial charge in [-0.2, -0.15) is 0 Å². The molecule has 4 nitrogen and oxygen atoms in total. The number of hydrogen-bond acceptors (Lipinski definition) is 3. The van der Waals surface area contributed by atoms with Crippen LogP contribution in [0.2, 0.25) is 0 Å². The normalized spacial score (nSPS) is 13.8. The van der Waals surface area contributed by atoms with Gasteiger partial charge in [-0.1, -0.05) is 12.1 Å². The molecule has 1 heterocycles. The average Bonchev–Trinajstić information content (AvgIpc) is 3.31. The van der Waals surface area contributed by atoms with E-state index in [1.165, 1.54) is 0 Å². The second-order valence-corrected chi connectivity index (χ2v) is 4.94. The van der Waals surface area contributed by atoms with Crippen LogP contribution in [0.4, 0.5) is 0 Å². The lowest BCUT2D eigenvalue weighted by molar-refractivity contribution is 0.0951. The van der Waals surface area contributed by atoms with E-state index in [-0.39, 0.29) is 5.91 Å². The molecule has 4 heteroatoms. The summed E-state index contributed by atoms with van der Waals surface area (Å²) in [5.74, 6) is 0.764. The van der Waals surface area contributed by atoms with Crippen LogP contribution in [0, 0.1) is 0 Å². The summed E-state index contributed by atoms with van der Waals surface area (Å²) in [6, 6.07) is 9.93. The van der Waals surface area contributed by atoms with E-state index in [1.54, 1.807) is 19.5 Å². The predicted molar refractivity (Wildman–Crippen MR) is 76.7 cm³/mol. The van der Waals surface area contributed by atoms with Crippen LogP contribution < -0.4 is 10.1 Å². The molecule has 1 fully saturated rings. The van der Waals surface area contributed by atoms with E-state index in [0.717, 1.165) is 29.7 Å². The maximum Gasteiger partial charge on any atom is 0.253 e. The van der Waals surface area contributed by atoms with E-state index < -0.39 is 0 Å². The molecule has 1 aliphatic carbocycles. The third kappa shape index (κ3) is 2.79. The van der Waals surface area contributed by atoms with E-state index in [4.69, 9.17) is 4.74 Å². The topological polar surface area (TPSA) is 51.2 Å². The number of hydrogen-bond donors (Lipinski definition) is 1. The van der Waals surface area contributed by atoms with Gasteiger partial charge in [0.15, 0.2) is 0 Å². The summed E-state index contributed by atoms with van der Waals surface area (Å²) in [6.07, 6.45) is 5.52. The number of rotatable bonds is 4. The third-order valence-electron chi connectivity index (χ3n) is 3.34. The molecular weight excluding hydrogens is 252 g/mol. The molecule has 1 amide bonds. The molecule has 102 valence electrons. The number of pyridine rings is 1. The SMILES string of the molecule is COc1ccc(-c2cncc(C(=O)NC3CC3)c2)cc1. The zero-order valence-corrected chi connectivity index (χ0v) is 11.3. The van der Waals surface area contributed by atoms with Gasteiger partial charge in [0, 0.05) is 24.0 Å². The Labute approximate surface area is 117 Å². The molecule has 0 unspecified atom stereocenters. The van der Waals surface area contributed by atoms with E-state index in [9.17, 15) is 4.79 Å². The molecule has 0 aliphatic heterocycles. The fourth-order valence-electron chi connectivity index (χ4n) is 2.00. The zero-order valence-electron chi connectivity index (χ0n) is 11.3. The number of amides is 1. The Kier molecular flexibility index (Phi) is 3.37. The molecule has 3 rings (SSSR count). The fraction of sp³-hybridized carbons (Fsp3) is 0.250. The largest absolute Gasteiger partial charge is 0.497 e. The highest BCUT2D eigenvalue weighted by Gasteiger charge is 2.23. The van der Waals surface area contributed by atoms with E-state index in [2.05, 4.69) is 10.3 Å². The first-order valence-electron chi connectivity index (χ1n) is 6.66. The van der Waals surface area contributed by atoms with Crippen molar-refractivity contribution in [2.45, 2.75) is 18.9 Å². The summed E-state index contributed by atoms with van der Waals surface area (Å²) >= 11 is 0. The second-order valence-electron chi connectivity index (χ2n) is 4.94. The Balaban J connectivity index is 1.83. The van der Waals surface area contributed by atoms with Gasteiger partial charge in [-0.05, 0) is 36.6 Å². The number of nitrogens with zero attached hydrogens (tertiary/aromatic N) is 1. The lowest BCUT2D eigenvalue weighted by Gasteiger charge is -2.06. The maximum absolute atomic E-state index is 12.0. The van der Waals surface area contributed by atoms with Crippen LogP contribution in [-0.2, 0) is 0 Å². The highest BCUT2D eigenvalue weighted by molar-refractivity contribution is 5.95. The van der Waals surface area contributed by atoms with E-state index >= 15 is 0 Å². The first-order chi connectivity index (χ1) is 9.76. The van der Waals surface area contributed by atoms with Gasteiger partial charge in [-0.25, -0.2) is 0 Å². The summed E-state index contributed by atoms with van der Waals surface area (Å²) < 4.78 is 5.14. The van der Waals surface area contributed by atoms with Gasteiger partial charge in [0.25, 0.3) is 5.91 Å². The average molecular weight is 268 g/mol. The Morgan fingerprint density at radius 2 is 1.95 bits per heavy atom. The van der Waals surface area contributed by atoms with Crippen LogP contribution in [0.5, 0.6) is 5.75 Å². The minimum atomic E-state index is -0.0460. The lowest BCUT2D eigenvalue weighted by Crippen LogP contribution is -2.25. The van der Waals surface area contributed by atoms with Gasteiger partial charge in [-0.3, -0.25) is 9.78 Å². The molecule has 0 saturated heterocycles. The molecular formula is C16H16N2O2. The Morgan fingerprint density at radius 3 is 2.60 bits per heavy atom. The number of carbonyl (C=O) groups is 1. The van der Waals surface area contributed by atoms with Crippen molar-refractivity contribution in [1.82, 2.24) is 10.3 Å². The first kappa shape index (κ1) is 12.7. The summed E-state index contributed by atoms with van der Waals surface area (Å²) in [5.41, 5.74) is 2.54. The molecule has 1 N–H and O–H groups in total. The van der Waals surface area contributed by atoms with Crippen molar-refractivity contribution in [1.29, 1.82) is 0 Å². The fourth-order valence-corrected chi connectivity index (χ4v) is 2.00. The highest BCUT2D eigenvalue weighted by atomic mass is 16.5. The molecule has 0 radical (unpaired) electrons. The molecule has 1 aliphatic rings. The van der Waals surface area contributed by atoms with Gasteiger partial charge >= 0.3 is 0 Å². The molecule has 20 heavy (non-hydrogen) atoms. The van der Waals surface area contributed by atoms with Crippen LogP contribution in [0.25, 0.3) is 11.1 Å². The molecule has 1 saturated carbocycles. The van der Waals surface area contributed by atoms with E-state index in [0.29, 0.717) is 11.6 Å². The molecule has 0 spiro atoms. The molecule has 2 aromatic rings. The number of aromatic nitrogens is 1. The maximum atomic E-state index is 12.0. The second kappa shape index (κ2) is 5.33. The first-order valence-corrected chi connectivity index (χ1v) is 6.66. The van der Waals surface area contributed by atoms with Gasteiger partial charge in [0.05, 0.1) is 12.7 Å². The van der Waals surface area contributed by atoms with Crippen molar-refractivity contribution < 1.29 is 9.53 Å². The lowest BCUT2D eigenvalue weighted by atomic mass is 10.1. The Morgan fingerprint density at radius 1 is 1.20 bits per heavy atom. The van der Waals surface area contributed by atoms with Crippen LogP contribution in [0.1, 0.15) is 23.2 Å². The number of carbonyl (C=O) groups excluding carboxylic acids is 1. The van der Waals surface area contributed by atoms with Crippen molar-refractivity contribution >= 4 is 5.91 Å². The van der Waals surface area contributed by atoms with Crippen LogP contribution in [-0.4, -0.2) is 24.0 Å². The van der Waals surface area contributed by atoms with Crippen molar-refractivity contribution in [3.63, 3.8) is 0 Å². The number of benzene rings is 1. The van der Waals surface area contributed by atoms with Crippen molar-refractivity contribution in [2.75, 3.05) is 7.11 Å². The molecule has 1 aromatic heterocycles. The molecule has 1 aromatic carbocycles. The van der Waals surface area contributed by atoms with Crippen molar-refractivity contribution in [3.8, 4) is 16.9 Å². The minimum absolute atomic E-state index is 0.0460. The predicted octanol–water partition coefficient (Wildman–Crippen LogP) is 2.65. The highest BCUT2D eigenvalue weighted by Crippen LogP contribution is 2.23. The third-order valence-corrected chi connectivity index (χ3v) is 3.34. The Hall–Kier alpha value is -2.36. The molecule has 0 bridgehead atoms. The minimum Gasteiger partial charge on any atom is -0.497 e.